The third-order valence-electron chi connectivity index (χ3n) is 3.97. The van der Waals surface area contributed by atoms with Crippen molar-refractivity contribution in [1.29, 1.82) is 0 Å². The van der Waals surface area contributed by atoms with E-state index in [0.717, 1.165) is 38.0 Å². The summed E-state index contributed by atoms with van der Waals surface area (Å²) in [7, 11) is 0. The highest BCUT2D eigenvalue weighted by atomic mass is 16.5. The highest BCUT2D eigenvalue weighted by Crippen LogP contribution is 2.32. The van der Waals surface area contributed by atoms with Crippen LogP contribution in [0.1, 0.15) is 31.7 Å². The zero-order chi connectivity index (χ0) is 12.5. The third-order valence-corrected chi connectivity index (χ3v) is 3.97. The minimum absolute atomic E-state index is 0.146. The van der Waals surface area contributed by atoms with Gasteiger partial charge in [0.2, 0.25) is 0 Å². The van der Waals surface area contributed by atoms with E-state index in [2.05, 4.69) is 19.1 Å². The van der Waals surface area contributed by atoms with Crippen LogP contribution in [-0.4, -0.2) is 24.7 Å². The van der Waals surface area contributed by atoms with Crippen molar-refractivity contribution in [2.24, 2.45) is 0 Å². The molecule has 0 radical (unpaired) electrons. The molecule has 3 rings (SSSR count). The number of amides is 1. The average Bonchev–Trinajstić information content (AvgIpc) is 2.92. The molecule has 2 aliphatic heterocycles. The van der Waals surface area contributed by atoms with Crippen molar-refractivity contribution in [3.8, 4) is 0 Å². The van der Waals surface area contributed by atoms with E-state index in [1.807, 2.05) is 17.0 Å². The number of para-hydroxylation sites is 1. The first-order valence-electron chi connectivity index (χ1n) is 6.80. The van der Waals surface area contributed by atoms with Crippen LogP contribution in [0, 0.1) is 0 Å². The number of hydrogen-bond acceptors (Lipinski definition) is 2. The molecule has 0 unspecified atom stereocenters. The second kappa shape index (κ2) is 4.73. The Balaban J connectivity index is 1.92. The summed E-state index contributed by atoms with van der Waals surface area (Å²) in [6, 6.07) is 8.50. The number of carbonyl (C=O) groups excluding carboxylic acids is 1. The molecule has 2 aliphatic rings. The molecule has 3 heteroatoms. The Hall–Kier alpha value is -1.35. The number of ether oxygens (including phenoxy) is 1. The number of rotatable bonds is 1. The molecule has 2 heterocycles. The molecule has 1 aromatic rings. The standard InChI is InChI=1S/C15H19NO2/c1-11-8-9-12-5-2-3-6-13(12)16(11)15(17)14-7-4-10-18-14/h2-3,5-6,11,14H,4,7-10H2,1H3/t11-,14+/m1/s1. The smallest absolute Gasteiger partial charge is 0.256 e. The van der Waals surface area contributed by atoms with Crippen molar-refractivity contribution in [3.05, 3.63) is 29.8 Å². The Bertz CT molecular complexity index is 452. The second-order valence-corrected chi connectivity index (χ2v) is 5.23. The van der Waals surface area contributed by atoms with Gasteiger partial charge in [0.05, 0.1) is 0 Å². The maximum absolute atomic E-state index is 12.6. The predicted molar refractivity (Wildman–Crippen MR) is 70.7 cm³/mol. The fourth-order valence-electron chi connectivity index (χ4n) is 2.95. The van der Waals surface area contributed by atoms with Crippen LogP contribution in [0.3, 0.4) is 0 Å². The van der Waals surface area contributed by atoms with Gasteiger partial charge in [0.1, 0.15) is 6.10 Å². The molecule has 3 nitrogen and oxygen atoms in total. The van der Waals surface area contributed by atoms with Crippen LogP contribution in [0.25, 0.3) is 0 Å². The van der Waals surface area contributed by atoms with E-state index < -0.39 is 0 Å². The van der Waals surface area contributed by atoms with E-state index >= 15 is 0 Å². The number of carbonyl (C=O) groups is 1. The summed E-state index contributed by atoms with van der Waals surface area (Å²) in [5.41, 5.74) is 2.36. The summed E-state index contributed by atoms with van der Waals surface area (Å²) in [6.07, 6.45) is 3.74. The number of nitrogens with zero attached hydrogens (tertiary/aromatic N) is 1. The number of benzene rings is 1. The van der Waals surface area contributed by atoms with E-state index in [1.54, 1.807) is 0 Å². The summed E-state index contributed by atoms with van der Waals surface area (Å²) < 4.78 is 5.54. The maximum Gasteiger partial charge on any atom is 0.256 e. The number of anilines is 1. The fourth-order valence-corrected chi connectivity index (χ4v) is 2.95. The minimum atomic E-state index is -0.224. The molecule has 0 saturated carbocycles. The molecule has 0 bridgehead atoms. The van der Waals surface area contributed by atoms with Gasteiger partial charge in [-0.15, -0.1) is 0 Å². The lowest BCUT2D eigenvalue weighted by Gasteiger charge is -2.36. The maximum atomic E-state index is 12.6. The molecule has 0 N–H and O–H groups in total. The van der Waals surface area contributed by atoms with Gasteiger partial charge in [-0.3, -0.25) is 4.79 Å². The Morgan fingerprint density at radius 1 is 1.33 bits per heavy atom. The highest BCUT2D eigenvalue weighted by molar-refractivity contribution is 5.98. The van der Waals surface area contributed by atoms with Crippen LogP contribution in [0.4, 0.5) is 5.69 Å². The first-order chi connectivity index (χ1) is 8.77. The molecule has 1 saturated heterocycles. The number of fused-ring (bicyclic) bond motifs is 1. The zero-order valence-corrected chi connectivity index (χ0v) is 10.8. The first-order valence-corrected chi connectivity index (χ1v) is 6.80. The topological polar surface area (TPSA) is 29.5 Å². The van der Waals surface area contributed by atoms with Crippen LogP contribution in [0.5, 0.6) is 0 Å². The SMILES string of the molecule is C[C@@H]1CCc2ccccc2N1C(=O)[C@@H]1CCCO1. The van der Waals surface area contributed by atoms with Gasteiger partial charge in [-0.25, -0.2) is 0 Å². The second-order valence-electron chi connectivity index (χ2n) is 5.23. The zero-order valence-electron chi connectivity index (χ0n) is 10.8. The lowest BCUT2D eigenvalue weighted by atomic mass is 9.96. The molecule has 1 fully saturated rings. The molecule has 1 amide bonds. The Labute approximate surface area is 108 Å². The normalized spacial score (nSPS) is 27.1. The van der Waals surface area contributed by atoms with Crippen molar-refractivity contribution in [1.82, 2.24) is 0 Å². The van der Waals surface area contributed by atoms with Crippen molar-refractivity contribution < 1.29 is 9.53 Å². The van der Waals surface area contributed by atoms with Crippen molar-refractivity contribution in [2.45, 2.75) is 44.8 Å². The number of hydrogen-bond donors (Lipinski definition) is 0. The molecular formula is C15H19NO2. The Morgan fingerprint density at radius 3 is 2.94 bits per heavy atom. The van der Waals surface area contributed by atoms with E-state index in [-0.39, 0.29) is 18.1 Å². The van der Waals surface area contributed by atoms with Gasteiger partial charge < -0.3 is 9.64 Å². The summed E-state index contributed by atoms with van der Waals surface area (Å²) in [5.74, 6) is 0.146. The summed E-state index contributed by atoms with van der Waals surface area (Å²) >= 11 is 0. The van der Waals surface area contributed by atoms with Crippen LogP contribution in [-0.2, 0) is 16.0 Å². The third kappa shape index (κ3) is 1.93. The van der Waals surface area contributed by atoms with Crippen molar-refractivity contribution >= 4 is 11.6 Å². The minimum Gasteiger partial charge on any atom is -0.368 e. The van der Waals surface area contributed by atoms with Gasteiger partial charge in [0.25, 0.3) is 5.91 Å². The highest BCUT2D eigenvalue weighted by Gasteiger charge is 2.34. The largest absolute Gasteiger partial charge is 0.368 e. The molecule has 96 valence electrons. The van der Waals surface area contributed by atoms with Gasteiger partial charge in [-0.2, -0.15) is 0 Å². The van der Waals surface area contributed by atoms with Gasteiger partial charge in [0.15, 0.2) is 0 Å². The monoisotopic (exact) mass is 245 g/mol. The molecule has 0 spiro atoms. The first kappa shape index (κ1) is 11.7. The van der Waals surface area contributed by atoms with Crippen LogP contribution in [0.2, 0.25) is 0 Å². The quantitative estimate of drug-likeness (QED) is 0.761. The van der Waals surface area contributed by atoms with Gasteiger partial charge in [0, 0.05) is 18.3 Å². The predicted octanol–water partition coefficient (Wildman–Crippen LogP) is 2.53. The lowest BCUT2D eigenvalue weighted by molar-refractivity contribution is -0.127. The summed E-state index contributed by atoms with van der Waals surface area (Å²) in [4.78, 5) is 14.5. The Morgan fingerprint density at radius 2 is 2.17 bits per heavy atom. The van der Waals surface area contributed by atoms with E-state index in [1.165, 1.54) is 5.56 Å². The van der Waals surface area contributed by atoms with Crippen molar-refractivity contribution in [2.75, 3.05) is 11.5 Å². The molecule has 2 atom stereocenters. The van der Waals surface area contributed by atoms with Crippen LogP contribution in [0.15, 0.2) is 24.3 Å². The summed E-state index contributed by atoms with van der Waals surface area (Å²) in [6.45, 7) is 2.85. The van der Waals surface area contributed by atoms with Gasteiger partial charge in [-0.1, -0.05) is 18.2 Å². The van der Waals surface area contributed by atoms with Gasteiger partial charge >= 0.3 is 0 Å². The van der Waals surface area contributed by atoms with Crippen molar-refractivity contribution in [3.63, 3.8) is 0 Å². The molecule has 0 aliphatic carbocycles. The van der Waals surface area contributed by atoms with E-state index in [0.29, 0.717) is 0 Å². The van der Waals surface area contributed by atoms with Crippen LogP contribution >= 0.6 is 0 Å². The molecule has 0 aromatic heterocycles. The average molecular weight is 245 g/mol. The summed E-state index contributed by atoms with van der Waals surface area (Å²) in [5, 5.41) is 0. The molecular weight excluding hydrogens is 226 g/mol. The fraction of sp³-hybridized carbons (Fsp3) is 0.533. The molecule has 18 heavy (non-hydrogen) atoms. The van der Waals surface area contributed by atoms with Gasteiger partial charge in [-0.05, 0) is 44.2 Å². The van der Waals surface area contributed by atoms with Crippen LogP contribution < -0.4 is 4.90 Å². The Kier molecular flexibility index (Phi) is 3.08. The number of aryl methyl sites for hydroxylation is 1. The molecule has 1 aromatic carbocycles. The lowest BCUT2D eigenvalue weighted by Crippen LogP contribution is -2.47. The van der Waals surface area contributed by atoms with E-state index in [4.69, 9.17) is 4.74 Å². The van der Waals surface area contributed by atoms with E-state index in [9.17, 15) is 4.79 Å².